The summed E-state index contributed by atoms with van der Waals surface area (Å²) in [5, 5.41) is 12.1. The van der Waals surface area contributed by atoms with Gasteiger partial charge in [-0.1, -0.05) is 47.5 Å². The van der Waals surface area contributed by atoms with Crippen LogP contribution in [-0.2, 0) is 22.3 Å². The van der Waals surface area contributed by atoms with Crippen LogP contribution in [0, 0.1) is 25.5 Å². The number of nitrogens with one attached hydrogen (secondary N) is 2. The normalized spacial score (nSPS) is 11.0. The highest BCUT2D eigenvalue weighted by atomic mass is 35.5. The summed E-state index contributed by atoms with van der Waals surface area (Å²) in [7, 11) is 2.74. The molecule has 12 heteroatoms. The molecule has 0 aliphatic rings. The van der Waals surface area contributed by atoms with Crippen LogP contribution in [0.15, 0.2) is 109 Å². The minimum Gasteiger partial charge on any atom is -0.508 e. The van der Waals surface area contributed by atoms with Crippen LogP contribution in [0.25, 0.3) is 44.1 Å². The molecule has 0 amide bonds. The molecule has 2 aromatic heterocycles. The smallest absolute Gasteiger partial charge is 0.338 e. The first kappa shape index (κ1) is 43.5. The predicted octanol–water partition coefficient (Wildman–Crippen LogP) is 12.7. The minimum atomic E-state index is -0.540. The van der Waals surface area contributed by atoms with Gasteiger partial charge in [0, 0.05) is 80.4 Å². The van der Waals surface area contributed by atoms with Gasteiger partial charge in [-0.25, -0.2) is 18.4 Å². The standard InChI is InChI=1S/C26H23ClFNO3.C24H19ClFNO3/c1-4-32-19-7-8-20(24(28)13-19)22-12-17-11-18(29-25(17)14-23(22)27)9-16-6-5-15(2)21(10-16)26(30)31-3;1-13-3-4-14(8-19(13)24(29)30-2)7-16-9-15-10-20(21(25)12-23(15)27-16)18-6-5-17(28)11-22(18)26/h5-8,10-14,29H,4,9H2,1-3H3;3-6,8-12,27-28H,7H2,1-2H3. The molecular weight excluding hydrogens is 833 g/mol. The summed E-state index contributed by atoms with van der Waals surface area (Å²) in [6, 6.07) is 31.5. The monoisotopic (exact) mass is 874 g/mol. The van der Waals surface area contributed by atoms with Gasteiger partial charge in [-0.05, 0) is 116 Å². The molecule has 0 fully saturated rings. The Morgan fingerprint density at radius 3 is 1.50 bits per heavy atom. The lowest BCUT2D eigenvalue weighted by Crippen LogP contribution is -2.04. The molecule has 8 aromatic rings. The quantitative estimate of drug-likeness (QED) is 0.118. The van der Waals surface area contributed by atoms with E-state index in [1.807, 2.05) is 81.4 Å². The average molecular weight is 876 g/mol. The first-order chi connectivity index (χ1) is 29.7. The number of carbonyl (C=O) groups excluding carboxylic acids is 2. The Balaban J connectivity index is 0.000000187. The number of rotatable bonds is 10. The molecule has 6 aromatic carbocycles. The number of phenolic OH excluding ortho intramolecular Hbond substituents is 1. The maximum absolute atomic E-state index is 14.7. The molecule has 3 N–H and O–H groups in total. The number of methoxy groups -OCH3 is 2. The number of hydrogen-bond acceptors (Lipinski definition) is 6. The van der Waals surface area contributed by atoms with Crippen molar-refractivity contribution in [2.24, 2.45) is 0 Å². The van der Waals surface area contributed by atoms with E-state index in [0.29, 0.717) is 68.6 Å². The van der Waals surface area contributed by atoms with Crippen molar-refractivity contribution in [3.8, 4) is 33.8 Å². The van der Waals surface area contributed by atoms with E-state index in [9.17, 15) is 23.5 Å². The van der Waals surface area contributed by atoms with E-state index in [0.717, 1.165) is 61.5 Å². The third-order valence-electron chi connectivity index (χ3n) is 10.5. The molecule has 0 unspecified atom stereocenters. The van der Waals surface area contributed by atoms with Crippen LogP contribution < -0.4 is 4.74 Å². The molecule has 8 nitrogen and oxygen atoms in total. The van der Waals surface area contributed by atoms with Crippen LogP contribution >= 0.6 is 23.2 Å². The van der Waals surface area contributed by atoms with Gasteiger partial charge in [-0.3, -0.25) is 0 Å². The van der Waals surface area contributed by atoms with Gasteiger partial charge in [-0.2, -0.15) is 0 Å². The second-order valence-electron chi connectivity index (χ2n) is 14.8. The Bertz CT molecular complexity index is 2990. The van der Waals surface area contributed by atoms with Crippen LogP contribution in [-0.4, -0.2) is 47.8 Å². The fraction of sp³-hybridized carbons (Fsp3) is 0.160. The lowest BCUT2D eigenvalue weighted by atomic mass is 10.0. The summed E-state index contributed by atoms with van der Waals surface area (Å²) in [5.41, 5.74) is 10.3. The molecule has 0 aliphatic carbocycles. The predicted molar refractivity (Wildman–Crippen MR) is 241 cm³/mol. The number of halogens is 4. The highest BCUT2D eigenvalue weighted by molar-refractivity contribution is 6.34. The van der Waals surface area contributed by atoms with Crippen LogP contribution in [0.3, 0.4) is 0 Å². The van der Waals surface area contributed by atoms with Gasteiger partial charge >= 0.3 is 11.9 Å². The molecule has 62 heavy (non-hydrogen) atoms. The number of aromatic amines is 2. The molecule has 8 rings (SSSR count). The fourth-order valence-corrected chi connectivity index (χ4v) is 7.91. The van der Waals surface area contributed by atoms with E-state index in [2.05, 4.69) is 9.97 Å². The number of H-pyrrole nitrogens is 2. The molecule has 0 spiro atoms. The Morgan fingerprint density at radius 2 is 1.06 bits per heavy atom. The van der Waals surface area contributed by atoms with Crippen molar-refractivity contribution in [1.29, 1.82) is 0 Å². The van der Waals surface area contributed by atoms with Crippen molar-refractivity contribution in [2.45, 2.75) is 33.6 Å². The molecule has 2 heterocycles. The molecule has 0 saturated carbocycles. The van der Waals surface area contributed by atoms with E-state index >= 15 is 0 Å². The number of fused-ring (bicyclic) bond motifs is 2. The van der Waals surface area contributed by atoms with Crippen molar-refractivity contribution in [2.75, 3.05) is 20.8 Å². The van der Waals surface area contributed by atoms with Crippen LogP contribution in [0.4, 0.5) is 8.78 Å². The third-order valence-corrected chi connectivity index (χ3v) is 11.1. The minimum absolute atomic E-state index is 0.137. The van der Waals surface area contributed by atoms with Crippen molar-refractivity contribution in [3.05, 3.63) is 176 Å². The number of aromatic nitrogens is 2. The van der Waals surface area contributed by atoms with Crippen molar-refractivity contribution in [1.82, 2.24) is 9.97 Å². The summed E-state index contributed by atoms with van der Waals surface area (Å²) >= 11 is 12.9. The molecule has 316 valence electrons. The van der Waals surface area contributed by atoms with Gasteiger partial charge in [0.25, 0.3) is 0 Å². The van der Waals surface area contributed by atoms with Crippen molar-refractivity contribution >= 4 is 56.9 Å². The van der Waals surface area contributed by atoms with Crippen LogP contribution in [0.1, 0.15) is 61.3 Å². The van der Waals surface area contributed by atoms with Gasteiger partial charge in [0.15, 0.2) is 0 Å². The molecule has 0 saturated heterocycles. The molecule has 0 atom stereocenters. The van der Waals surface area contributed by atoms with Gasteiger partial charge in [0.05, 0.1) is 42.0 Å². The average Bonchev–Trinajstić information content (AvgIpc) is 3.83. The number of benzene rings is 6. The SMILES string of the molecule is CCOc1ccc(-c2cc3cc(Cc4ccc(C)c(C(=O)OC)c4)[nH]c3cc2Cl)c(F)c1.COC(=O)c1cc(Cc2cc3cc(-c4ccc(O)cc4F)c(Cl)cc3[nH]2)ccc1C. The second kappa shape index (κ2) is 18.6. The van der Waals surface area contributed by atoms with Gasteiger partial charge in [-0.15, -0.1) is 0 Å². The number of aromatic hydroxyl groups is 1. The molecule has 0 aliphatic heterocycles. The maximum Gasteiger partial charge on any atom is 0.338 e. The zero-order chi connectivity index (χ0) is 44.2. The summed E-state index contributed by atoms with van der Waals surface area (Å²) < 4.78 is 44.1. The number of phenols is 1. The number of aryl methyl sites for hydroxylation is 2. The Morgan fingerprint density at radius 1 is 0.597 bits per heavy atom. The van der Waals surface area contributed by atoms with Gasteiger partial charge in [0.1, 0.15) is 23.1 Å². The van der Waals surface area contributed by atoms with E-state index in [4.69, 9.17) is 37.4 Å². The van der Waals surface area contributed by atoms with Crippen LogP contribution in [0.5, 0.6) is 11.5 Å². The highest BCUT2D eigenvalue weighted by Crippen LogP contribution is 2.37. The lowest BCUT2D eigenvalue weighted by Gasteiger charge is -2.09. The summed E-state index contributed by atoms with van der Waals surface area (Å²) in [6.07, 6.45) is 1.18. The largest absolute Gasteiger partial charge is 0.508 e. The van der Waals surface area contributed by atoms with E-state index in [-0.39, 0.29) is 23.5 Å². The third kappa shape index (κ3) is 9.47. The Hall–Kier alpha value is -6.62. The Kier molecular flexibility index (Phi) is 13.0. The number of esters is 2. The number of carbonyl (C=O) groups is 2. The Labute approximate surface area is 367 Å². The zero-order valence-electron chi connectivity index (χ0n) is 34.5. The van der Waals surface area contributed by atoms with E-state index < -0.39 is 5.82 Å². The van der Waals surface area contributed by atoms with Gasteiger partial charge < -0.3 is 29.3 Å². The second-order valence-corrected chi connectivity index (χ2v) is 15.6. The first-order valence-electron chi connectivity index (χ1n) is 19.6. The van der Waals surface area contributed by atoms with E-state index in [1.165, 1.54) is 32.4 Å². The van der Waals surface area contributed by atoms with E-state index in [1.54, 1.807) is 24.3 Å². The van der Waals surface area contributed by atoms with Gasteiger partial charge in [0.2, 0.25) is 0 Å². The summed E-state index contributed by atoms with van der Waals surface area (Å²) in [5.74, 6) is -1.29. The first-order valence-corrected chi connectivity index (χ1v) is 20.4. The fourth-order valence-electron chi connectivity index (χ4n) is 7.38. The van der Waals surface area contributed by atoms with Crippen molar-refractivity contribution < 1.29 is 37.7 Å². The molecule has 0 radical (unpaired) electrons. The topological polar surface area (TPSA) is 114 Å². The maximum atomic E-state index is 14.7. The van der Waals surface area contributed by atoms with Crippen LogP contribution in [0.2, 0.25) is 10.0 Å². The van der Waals surface area contributed by atoms with Crippen molar-refractivity contribution in [3.63, 3.8) is 0 Å². The molecular formula is C50H42Cl2F2N2O6. The zero-order valence-corrected chi connectivity index (χ0v) is 36.0. The summed E-state index contributed by atoms with van der Waals surface area (Å²) in [6.45, 7) is 6.07. The number of hydrogen-bond donors (Lipinski definition) is 3. The number of ether oxygens (including phenoxy) is 3. The lowest BCUT2D eigenvalue weighted by molar-refractivity contribution is 0.0591. The highest BCUT2D eigenvalue weighted by Gasteiger charge is 2.17. The molecule has 0 bridgehead atoms. The summed E-state index contributed by atoms with van der Waals surface area (Å²) in [4.78, 5) is 30.6.